The molecule has 1 aromatic carbocycles. The van der Waals surface area contributed by atoms with Gasteiger partial charge in [-0.1, -0.05) is 0 Å². The van der Waals surface area contributed by atoms with E-state index in [-0.39, 0.29) is 5.78 Å². The van der Waals surface area contributed by atoms with Crippen LogP contribution in [0.1, 0.15) is 32.9 Å². The molecule has 0 aliphatic heterocycles. The molecule has 0 spiro atoms. The van der Waals surface area contributed by atoms with Crippen LogP contribution in [0.25, 0.3) is 0 Å². The molecule has 0 N–H and O–H groups in total. The first-order valence-electron chi connectivity index (χ1n) is 6.14. The Kier molecular flexibility index (Phi) is 3.42. The lowest BCUT2D eigenvalue weighted by Gasteiger charge is -2.10. The molecule has 0 unspecified atom stereocenters. The van der Waals surface area contributed by atoms with Crippen LogP contribution in [0.3, 0.4) is 0 Å². The number of aryl methyl sites for hydroxylation is 4. The second kappa shape index (κ2) is 4.88. The average molecular weight is 258 g/mol. The normalized spacial score (nSPS) is 10.6. The molecule has 1 aromatic heterocycles. The van der Waals surface area contributed by atoms with E-state index in [0.29, 0.717) is 11.3 Å². The van der Waals surface area contributed by atoms with Gasteiger partial charge in [-0.3, -0.25) is 9.48 Å². The molecule has 0 radical (unpaired) electrons. The molecule has 0 aliphatic rings. The van der Waals surface area contributed by atoms with Crippen molar-refractivity contribution in [2.24, 2.45) is 7.05 Å². The number of rotatable bonds is 3. The Labute approximate surface area is 113 Å². The molecular formula is C15H18N2O2. The highest BCUT2D eigenvalue weighted by Gasteiger charge is 2.17. The molecule has 0 atom stereocenters. The van der Waals surface area contributed by atoms with E-state index >= 15 is 0 Å². The zero-order chi connectivity index (χ0) is 14.2. The zero-order valence-corrected chi connectivity index (χ0v) is 11.9. The van der Waals surface area contributed by atoms with E-state index in [0.717, 1.165) is 22.6 Å². The Hall–Kier alpha value is -2.10. The maximum atomic E-state index is 12.6. The minimum absolute atomic E-state index is 0.00801. The SMILES string of the molecule is COc1cc(C)c(C(=O)c2cc(C)nn2C)cc1C. The molecule has 2 aromatic rings. The van der Waals surface area contributed by atoms with Crippen molar-refractivity contribution in [2.45, 2.75) is 20.8 Å². The number of nitrogens with zero attached hydrogens (tertiary/aromatic N) is 2. The number of hydrogen-bond acceptors (Lipinski definition) is 3. The maximum absolute atomic E-state index is 12.6. The number of hydrogen-bond donors (Lipinski definition) is 0. The van der Waals surface area contributed by atoms with Crippen LogP contribution >= 0.6 is 0 Å². The second-order valence-corrected chi connectivity index (χ2v) is 4.76. The van der Waals surface area contributed by atoms with Crippen LogP contribution in [0.5, 0.6) is 5.75 Å². The van der Waals surface area contributed by atoms with Gasteiger partial charge in [-0.15, -0.1) is 0 Å². The van der Waals surface area contributed by atoms with E-state index in [2.05, 4.69) is 5.10 Å². The van der Waals surface area contributed by atoms with Gasteiger partial charge >= 0.3 is 0 Å². The van der Waals surface area contributed by atoms with Crippen molar-refractivity contribution in [3.63, 3.8) is 0 Å². The van der Waals surface area contributed by atoms with E-state index in [1.165, 1.54) is 0 Å². The van der Waals surface area contributed by atoms with Crippen LogP contribution < -0.4 is 4.74 Å². The number of carbonyl (C=O) groups excluding carboxylic acids is 1. The maximum Gasteiger partial charge on any atom is 0.211 e. The van der Waals surface area contributed by atoms with Crippen LogP contribution in [0.15, 0.2) is 18.2 Å². The molecular weight excluding hydrogens is 240 g/mol. The lowest BCUT2D eigenvalue weighted by molar-refractivity contribution is 0.102. The first-order valence-corrected chi connectivity index (χ1v) is 6.14. The van der Waals surface area contributed by atoms with Crippen molar-refractivity contribution in [3.8, 4) is 5.75 Å². The first kappa shape index (κ1) is 13.3. The highest BCUT2D eigenvalue weighted by molar-refractivity contribution is 6.09. The minimum Gasteiger partial charge on any atom is -0.496 e. The quantitative estimate of drug-likeness (QED) is 0.795. The topological polar surface area (TPSA) is 44.1 Å². The molecule has 0 saturated heterocycles. The first-order chi connectivity index (χ1) is 8.93. The van der Waals surface area contributed by atoms with Crippen molar-refractivity contribution < 1.29 is 9.53 Å². The van der Waals surface area contributed by atoms with Gasteiger partial charge in [0, 0.05) is 12.6 Å². The van der Waals surface area contributed by atoms with Gasteiger partial charge in [-0.25, -0.2) is 0 Å². The van der Waals surface area contributed by atoms with E-state index in [4.69, 9.17) is 4.74 Å². The molecule has 2 rings (SSSR count). The molecule has 4 nitrogen and oxygen atoms in total. The third-order valence-corrected chi connectivity index (χ3v) is 3.22. The summed E-state index contributed by atoms with van der Waals surface area (Å²) >= 11 is 0. The fourth-order valence-electron chi connectivity index (χ4n) is 2.22. The zero-order valence-electron chi connectivity index (χ0n) is 11.9. The van der Waals surface area contributed by atoms with E-state index in [1.54, 1.807) is 24.9 Å². The summed E-state index contributed by atoms with van der Waals surface area (Å²) in [7, 11) is 3.42. The highest BCUT2D eigenvalue weighted by Crippen LogP contribution is 2.24. The molecule has 0 aliphatic carbocycles. The predicted molar refractivity (Wildman–Crippen MR) is 73.8 cm³/mol. The molecule has 1 heterocycles. The number of aromatic nitrogens is 2. The minimum atomic E-state index is -0.00801. The molecule has 19 heavy (non-hydrogen) atoms. The summed E-state index contributed by atoms with van der Waals surface area (Å²) in [6, 6.07) is 5.58. The van der Waals surface area contributed by atoms with Gasteiger partial charge in [0.1, 0.15) is 11.4 Å². The fraction of sp³-hybridized carbons (Fsp3) is 0.333. The predicted octanol–water partition coefficient (Wildman–Crippen LogP) is 2.58. The van der Waals surface area contributed by atoms with Gasteiger partial charge in [-0.2, -0.15) is 5.10 Å². The third kappa shape index (κ3) is 2.38. The molecule has 0 saturated carbocycles. The summed E-state index contributed by atoms with van der Waals surface area (Å²) in [6.45, 7) is 5.73. The van der Waals surface area contributed by atoms with Gasteiger partial charge in [0.15, 0.2) is 0 Å². The van der Waals surface area contributed by atoms with Gasteiger partial charge in [-0.05, 0) is 50.1 Å². The molecule has 100 valence electrons. The molecule has 0 fully saturated rings. The summed E-state index contributed by atoms with van der Waals surface area (Å²) < 4.78 is 6.89. The van der Waals surface area contributed by atoms with Gasteiger partial charge in [0.05, 0.1) is 12.8 Å². The van der Waals surface area contributed by atoms with Crippen LogP contribution in [0.2, 0.25) is 0 Å². The Morgan fingerprint density at radius 3 is 2.37 bits per heavy atom. The Bertz CT molecular complexity index is 642. The Morgan fingerprint density at radius 1 is 1.16 bits per heavy atom. The Morgan fingerprint density at radius 2 is 1.84 bits per heavy atom. The average Bonchev–Trinajstić information content (AvgIpc) is 2.70. The van der Waals surface area contributed by atoms with Crippen LogP contribution in [-0.2, 0) is 7.05 Å². The van der Waals surface area contributed by atoms with E-state index in [1.807, 2.05) is 32.9 Å². The van der Waals surface area contributed by atoms with E-state index in [9.17, 15) is 4.79 Å². The number of benzene rings is 1. The van der Waals surface area contributed by atoms with Crippen LogP contribution in [0.4, 0.5) is 0 Å². The standard InChI is InChI=1S/C15H18N2O2/c1-9-7-14(19-5)10(2)6-12(9)15(18)13-8-11(3)16-17(13)4/h6-8H,1-5H3. The monoisotopic (exact) mass is 258 g/mol. The van der Waals surface area contributed by atoms with Crippen molar-refractivity contribution in [3.05, 3.63) is 46.3 Å². The molecule has 0 bridgehead atoms. The van der Waals surface area contributed by atoms with Crippen molar-refractivity contribution >= 4 is 5.78 Å². The number of methoxy groups -OCH3 is 1. The van der Waals surface area contributed by atoms with Crippen molar-refractivity contribution in [1.82, 2.24) is 9.78 Å². The van der Waals surface area contributed by atoms with Gasteiger partial charge in [0.2, 0.25) is 5.78 Å². The van der Waals surface area contributed by atoms with Crippen LogP contribution in [0, 0.1) is 20.8 Å². The Balaban J connectivity index is 2.50. The fourth-order valence-corrected chi connectivity index (χ4v) is 2.22. The van der Waals surface area contributed by atoms with Crippen LogP contribution in [-0.4, -0.2) is 22.7 Å². The van der Waals surface area contributed by atoms with Gasteiger partial charge < -0.3 is 4.74 Å². The summed E-state index contributed by atoms with van der Waals surface area (Å²) in [5.41, 5.74) is 4.00. The number of ether oxygens (including phenoxy) is 1. The number of carbonyl (C=O) groups is 1. The second-order valence-electron chi connectivity index (χ2n) is 4.76. The third-order valence-electron chi connectivity index (χ3n) is 3.22. The summed E-state index contributed by atoms with van der Waals surface area (Å²) in [6.07, 6.45) is 0. The number of ketones is 1. The van der Waals surface area contributed by atoms with Gasteiger partial charge in [0.25, 0.3) is 0 Å². The molecule has 4 heteroatoms. The summed E-state index contributed by atoms with van der Waals surface area (Å²) in [5.74, 6) is 0.793. The smallest absolute Gasteiger partial charge is 0.211 e. The highest BCUT2D eigenvalue weighted by atomic mass is 16.5. The largest absolute Gasteiger partial charge is 0.496 e. The molecule has 0 amide bonds. The lowest BCUT2D eigenvalue weighted by atomic mass is 9.99. The lowest BCUT2D eigenvalue weighted by Crippen LogP contribution is -2.10. The summed E-state index contributed by atoms with van der Waals surface area (Å²) in [5, 5.41) is 4.21. The van der Waals surface area contributed by atoms with Crippen molar-refractivity contribution in [2.75, 3.05) is 7.11 Å². The van der Waals surface area contributed by atoms with Crippen molar-refractivity contribution in [1.29, 1.82) is 0 Å². The summed E-state index contributed by atoms with van der Waals surface area (Å²) in [4.78, 5) is 12.6. The van der Waals surface area contributed by atoms with E-state index < -0.39 is 0 Å².